The maximum atomic E-state index is 4.36. The molecule has 1 nitrogen and oxygen atoms in total. The van der Waals surface area contributed by atoms with Crippen LogP contribution in [0.3, 0.4) is 0 Å². The summed E-state index contributed by atoms with van der Waals surface area (Å²) in [5.74, 6) is 0. The van der Waals surface area contributed by atoms with Gasteiger partial charge in [-0.1, -0.05) is 12.2 Å². The van der Waals surface area contributed by atoms with Gasteiger partial charge >= 0.3 is 0 Å². The first-order chi connectivity index (χ1) is 3.91. The highest BCUT2D eigenvalue weighted by Gasteiger charge is 1.70. The zero-order valence-electron chi connectivity index (χ0n) is 4.92. The van der Waals surface area contributed by atoms with Gasteiger partial charge in [0, 0.05) is 0 Å². The number of thiocarbonyl (C=S) groups is 1. The van der Waals surface area contributed by atoms with Crippen LogP contribution in [0.15, 0.2) is 17.1 Å². The summed E-state index contributed by atoms with van der Waals surface area (Å²) in [6.45, 7) is 2.76. The lowest BCUT2D eigenvalue weighted by molar-refractivity contribution is 1.01. The summed E-state index contributed by atoms with van der Waals surface area (Å²) < 4.78 is 0. The second-order valence-electron chi connectivity index (χ2n) is 1.33. The van der Waals surface area contributed by atoms with E-state index in [1.54, 1.807) is 0 Å². The molecule has 44 valence electrons. The molecular formula is C6H9NS. The molecule has 0 aliphatic rings. The lowest BCUT2D eigenvalue weighted by atomic mass is 10.4. The van der Waals surface area contributed by atoms with Gasteiger partial charge in [-0.25, -0.2) is 4.99 Å². The topological polar surface area (TPSA) is 12.4 Å². The number of hydrogen-bond donors (Lipinski definition) is 0. The van der Waals surface area contributed by atoms with E-state index in [4.69, 9.17) is 0 Å². The first-order valence-electron chi connectivity index (χ1n) is 2.56. The fourth-order valence-electron chi connectivity index (χ4n) is 0.351. The largest absolute Gasteiger partial charge is 0.232 e. The summed E-state index contributed by atoms with van der Waals surface area (Å²) in [4.78, 5) is 3.72. The van der Waals surface area contributed by atoms with Crippen molar-refractivity contribution in [3.63, 3.8) is 0 Å². The first-order valence-corrected chi connectivity index (χ1v) is 2.97. The maximum Gasteiger partial charge on any atom is 0.0585 e. The summed E-state index contributed by atoms with van der Waals surface area (Å²) in [6.07, 6.45) is 5.02. The first kappa shape index (κ1) is 7.54. The van der Waals surface area contributed by atoms with Gasteiger partial charge in [-0.3, -0.25) is 0 Å². The maximum absolute atomic E-state index is 4.36. The summed E-state index contributed by atoms with van der Waals surface area (Å²) in [7, 11) is 0. The Bertz CT molecular complexity index is 112. The highest BCUT2D eigenvalue weighted by molar-refractivity contribution is 7.78. The monoisotopic (exact) mass is 127 g/mol. The average molecular weight is 127 g/mol. The van der Waals surface area contributed by atoms with Crippen LogP contribution in [0.5, 0.6) is 0 Å². The molecule has 0 aromatic carbocycles. The molecule has 0 radical (unpaired) electrons. The Kier molecular flexibility index (Phi) is 6.16. The molecular weight excluding hydrogens is 118 g/mol. The van der Waals surface area contributed by atoms with Crippen LogP contribution in [-0.4, -0.2) is 11.7 Å². The summed E-state index contributed by atoms with van der Waals surface area (Å²) in [5, 5.41) is 2.30. The van der Waals surface area contributed by atoms with E-state index in [-0.39, 0.29) is 0 Å². The predicted octanol–water partition coefficient (Wildman–Crippen LogP) is 2.06. The third-order valence-corrected chi connectivity index (χ3v) is 0.837. The molecule has 0 atom stereocenters. The minimum Gasteiger partial charge on any atom is -0.232 e. The Labute approximate surface area is 55.1 Å². The highest BCUT2D eigenvalue weighted by Crippen LogP contribution is 1.81. The van der Waals surface area contributed by atoms with E-state index in [9.17, 15) is 0 Å². The van der Waals surface area contributed by atoms with Gasteiger partial charge < -0.3 is 0 Å². The molecule has 0 rings (SSSR count). The Morgan fingerprint density at radius 2 is 2.50 bits per heavy atom. The quantitative estimate of drug-likeness (QED) is 0.244. The molecule has 8 heavy (non-hydrogen) atoms. The number of aliphatic imine (C=N–C) groups is 1. The van der Waals surface area contributed by atoms with Crippen LogP contribution < -0.4 is 0 Å². The van der Waals surface area contributed by atoms with Crippen molar-refractivity contribution < 1.29 is 0 Å². The molecule has 0 aromatic rings. The third kappa shape index (κ3) is 5.54. The van der Waals surface area contributed by atoms with E-state index in [2.05, 4.69) is 28.4 Å². The lowest BCUT2D eigenvalue weighted by Crippen LogP contribution is -1.71. The molecule has 0 unspecified atom stereocenters. The van der Waals surface area contributed by atoms with Gasteiger partial charge in [-0.15, -0.1) is 0 Å². The molecule has 2 heteroatoms. The van der Waals surface area contributed by atoms with E-state index >= 15 is 0 Å². The number of nitrogens with zero attached hydrogens (tertiary/aromatic N) is 1. The minimum absolute atomic E-state index is 0.772. The van der Waals surface area contributed by atoms with Crippen molar-refractivity contribution in [3.8, 4) is 0 Å². The van der Waals surface area contributed by atoms with Crippen LogP contribution in [0.2, 0.25) is 0 Å². The summed E-state index contributed by atoms with van der Waals surface area (Å²) >= 11 is 4.36. The predicted molar refractivity (Wildman–Crippen MR) is 39.3 cm³/mol. The Balaban J connectivity index is 3.05. The second-order valence-corrected chi connectivity index (χ2v) is 1.51. The Morgan fingerprint density at radius 3 is 3.00 bits per heavy atom. The van der Waals surface area contributed by atoms with Crippen LogP contribution in [0.4, 0.5) is 0 Å². The van der Waals surface area contributed by atoms with Gasteiger partial charge in [0.15, 0.2) is 0 Å². The van der Waals surface area contributed by atoms with Crippen molar-refractivity contribution in [2.24, 2.45) is 4.99 Å². The molecule has 0 saturated carbocycles. The lowest BCUT2D eigenvalue weighted by Gasteiger charge is -1.79. The van der Waals surface area contributed by atoms with Gasteiger partial charge in [-0.2, -0.15) is 0 Å². The van der Waals surface area contributed by atoms with Crippen molar-refractivity contribution in [3.05, 3.63) is 12.2 Å². The number of isothiocyanates is 1. The van der Waals surface area contributed by atoms with Gasteiger partial charge in [-0.05, 0) is 25.6 Å². The summed E-state index contributed by atoms with van der Waals surface area (Å²) in [6, 6.07) is 0. The smallest absolute Gasteiger partial charge is 0.0585 e. The van der Waals surface area contributed by atoms with E-state index in [0.29, 0.717) is 0 Å². The molecule has 0 aliphatic heterocycles. The highest BCUT2D eigenvalue weighted by atomic mass is 32.1. The Morgan fingerprint density at radius 1 is 1.75 bits per heavy atom. The summed E-state index contributed by atoms with van der Waals surface area (Å²) in [5.41, 5.74) is 0. The SMILES string of the molecule is C/C=C/CCN=C=S. The van der Waals surface area contributed by atoms with Gasteiger partial charge in [0.05, 0.1) is 11.7 Å². The zero-order valence-corrected chi connectivity index (χ0v) is 5.74. The van der Waals surface area contributed by atoms with Crippen LogP contribution in [0.25, 0.3) is 0 Å². The van der Waals surface area contributed by atoms with E-state index in [1.165, 1.54) is 0 Å². The van der Waals surface area contributed by atoms with E-state index < -0.39 is 0 Å². The molecule has 0 N–H and O–H groups in total. The fraction of sp³-hybridized carbons (Fsp3) is 0.500. The fourth-order valence-corrected chi connectivity index (χ4v) is 0.443. The third-order valence-electron chi connectivity index (χ3n) is 0.708. The number of rotatable bonds is 3. The molecule has 0 aliphatic carbocycles. The van der Waals surface area contributed by atoms with E-state index in [0.717, 1.165) is 13.0 Å². The zero-order chi connectivity index (χ0) is 6.24. The van der Waals surface area contributed by atoms with Crippen molar-refractivity contribution in [1.29, 1.82) is 0 Å². The number of hydrogen-bond acceptors (Lipinski definition) is 2. The van der Waals surface area contributed by atoms with Crippen LogP contribution >= 0.6 is 12.2 Å². The van der Waals surface area contributed by atoms with Crippen molar-refractivity contribution in [2.45, 2.75) is 13.3 Å². The average Bonchev–Trinajstić information content (AvgIpc) is 1.81. The van der Waals surface area contributed by atoms with Crippen LogP contribution in [0.1, 0.15) is 13.3 Å². The van der Waals surface area contributed by atoms with Crippen molar-refractivity contribution >= 4 is 17.4 Å². The molecule has 0 bridgehead atoms. The van der Waals surface area contributed by atoms with Gasteiger partial charge in [0.2, 0.25) is 0 Å². The van der Waals surface area contributed by atoms with Crippen LogP contribution in [0, 0.1) is 0 Å². The van der Waals surface area contributed by atoms with Gasteiger partial charge in [0.25, 0.3) is 0 Å². The molecule has 0 aromatic heterocycles. The molecule has 0 amide bonds. The molecule has 0 fully saturated rings. The number of allylic oxidation sites excluding steroid dienone is 1. The van der Waals surface area contributed by atoms with E-state index in [1.807, 2.05) is 13.0 Å². The molecule has 0 spiro atoms. The van der Waals surface area contributed by atoms with Crippen LogP contribution in [-0.2, 0) is 0 Å². The van der Waals surface area contributed by atoms with Crippen molar-refractivity contribution in [2.75, 3.05) is 6.54 Å². The molecule has 0 saturated heterocycles. The molecule has 0 heterocycles. The Hall–Kier alpha value is -0.460. The second kappa shape index (κ2) is 6.54. The normalized spacial score (nSPS) is 9.12. The minimum atomic E-state index is 0.772. The van der Waals surface area contributed by atoms with Crippen molar-refractivity contribution in [1.82, 2.24) is 0 Å². The van der Waals surface area contributed by atoms with Gasteiger partial charge in [0.1, 0.15) is 0 Å². The standard InChI is InChI=1S/C6H9NS/c1-2-3-4-5-7-6-8/h2-3H,4-5H2,1H3/b3-2+.